The molecule has 0 fully saturated rings. The van der Waals surface area contributed by atoms with Crippen LogP contribution in [0, 0.1) is 5.92 Å². The third-order valence-electron chi connectivity index (χ3n) is 3.05. The Morgan fingerprint density at radius 3 is 3.06 bits per heavy atom. The van der Waals surface area contributed by atoms with Gasteiger partial charge in [0.2, 0.25) is 0 Å². The summed E-state index contributed by atoms with van der Waals surface area (Å²) in [6.45, 7) is 1.52. The van der Waals surface area contributed by atoms with Crippen molar-refractivity contribution >= 4 is 5.97 Å². The largest absolute Gasteiger partial charge is 0.396 e. The smallest absolute Gasteiger partial charge is 0.352 e. The predicted octanol–water partition coefficient (Wildman–Crippen LogP) is 1.64. The molecular formula is C13H16O4. The number of hydrogen-bond acceptors (Lipinski definition) is 4. The van der Waals surface area contributed by atoms with Gasteiger partial charge in [0.1, 0.15) is 0 Å². The Bertz CT molecular complexity index is 414. The summed E-state index contributed by atoms with van der Waals surface area (Å²) in [6, 6.07) is 5.69. The zero-order valence-electron chi connectivity index (χ0n) is 9.81. The van der Waals surface area contributed by atoms with Gasteiger partial charge in [-0.05, 0) is 36.8 Å². The van der Waals surface area contributed by atoms with Crippen LogP contribution >= 0.6 is 0 Å². The van der Waals surface area contributed by atoms with Crippen LogP contribution < -0.4 is 4.89 Å². The molecule has 0 spiro atoms. The minimum absolute atomic E-state index is 0.217. The van der Waals surface area contributed by atoms with Crippen LogP contribution in [0.25, 0.3) is 0 Å². The molecule has 0 radical (unpaired) electrons. The van der Waals surface area contributed by atoms with Crippen LogP contribution in [0.1, 0.15) is 24.5 Å². The van der Waals surface area contributed by atoms with Gasteiger partial charge >= 0.3 is 5.97 Å². The number of carbonyl (C=O) groups is 1. The summed E-state index contributed by atoms with van der Waals surface area (Å²) in [5.74, 6) is 0.465. The SMILES string of the molecule is CC(=O)OOc1cccc2c1CCC(CO)C2. The number of carbonyl (C=O) groups excluding carboxylic acids is 1. The van der Waals surface area contributed by atoms with Crippen molar-refractivity contribution in [2.75, 3.05) is 6.61 Å². The quantitative estimate of drug-likeness (QED) is 0.640. The third kappa shape index (κ3) is 2.77. The molecule has 1 aromatic carbocycles. The number of aliphatic hydroxyl groups excluding tert-OH is 1. The summed E-state index contributed by atoms with van der Waals surface area (Å²) in [7, 11) is 0. The molecule has 0 heterocycles. The summed E-state index contributed by atoms with van der Waals surface area (Å²) in [6.07, 6.45) is 2.63. The molecule has 0 bridgehead atoms. The van der Waals surface area contributed by atoms with Crippen LogP contribution in [0.15, 0.2) is 18.2 Å². The molecule has 0 aliphatic heterocycles. The fourth-order valence-electron chi connectivity index (χ4n) is 2.19. The number of fused-ring (bicyclic) bond motifs is 1. The molecule has 0 saturated carbocycles. The molecule has 1 aliphatic rings. The van der Waals surface area contributed by atoms with E-state index in [9.17, 15) is 4.79 Å². The van der Waals surface area contributed by atoms with Gasteiger partial charge in [0.15, 0.2) is 5.75 Å². The molecule has 2 rings (SSSR count). The molecule has 4 heteroatoms. The Kier molecular flexibility index (Phi) is 3.64. The second-order valence-electron chi connectivity index (χ2n) is 4.34. The third-order valence-corrected chi connectivity index (χ3v) is 3.05. The highest BCUT2D eigenvalue weighted by atomic mass is 17.2. The number of benzene rings is 1. The van der Waals surface area contributed by atoms with Gasteiger partial charge < -0.3 is 5.11 Å². The Labute approximate surface area is 100 Å². The summed E-state index contributed by atoms with van der Waals surface area (Å²) < 4.78 is 0. The molecule has 1 atom stereocenters. The molecule has 0 aromatic heterocycles. The van der Waals surface area contributed by atoms with E-state index < -0.39 is 5.97 Å². The lowest BCUT2D eigenvalue weighted by atomic mass is 9.84. The van der Waals surface area contributed by atoms with Crippen molar-refractivity contribution in [1.29, 1.82) is 0 Å². The molecule has 0 saturated heterocycles. The molecule has 1 N–H and O–H groups in total. The van der Waals surface area contributed by atoms with Gasteiger partial charge in [-0.25, -0.2) is 4.79 Å². The van der Waals surface area contributed by atoms with Crippen molar-refractivity contribution in [3.63, 3.8) is 0 Å². The van der Waals surface area contributed by atoms with Crippen LogP contribution in [0.5, 0.6) is 5.75 Å². The van der Waals surface area contributed by atoms with E-state index in [2.05, 4.69) is 4.89 Å². The van der Waals surface area contributed by atoms with E-state index in [1.165, 1.54) is 12.5 Å². The average molecular weight is 236 g/mol. The maximum Gasteiger partial charge on any atom is 0.352 e. The van der Waals surface area contributed by atoms with Crippen molar-refractivity contribution in [1.82, 2.24) is 0 Å². The fraction of sp³-hybridized carbons (Fsp3) is 0.462. The lowest BCUT2D eigenvalue weighted by Gasteiger charge is -2.24. The van der Waals surface area contributed by atoms with Crippen molar-refractivity contribution in [3.05, 3.63) is 29.3 Å². The first-order chi connectivity index (χ1) is 8.20. The van der Waals surface area contributed by atoms with Gasteiger partial charge in [-0.2, -0.15) is 0 Å². The summed E-state index contributed by atoms with van der Waals surface area (Å²) in [4.78, 5) is 20.3. The predicted molar refractivity (Wildman–Crippen MR) is 61.4 cm³/mol. The van der Waals surface area contributed by atoms with Gasteiger partial charge in [-0.1, -0.05) is 12.1 Å². The van der Waals surface area contributed by atoms with E-state index in [0.717, 1.165) is 24.8 Å². The van der Waals surface area contributed by atoms with Crippen molar-refractivity contribution in [2.24, 2.45) is 5.92 Å². The van der Waals surface area contributed by atoms with Crippen molar-refractivity contribution in [3.8, 4) is 5.75 Å². The van der Waals surface area contributed by atoms with E-state index >= 15 is 0 Å². The Morgan fingerprint density at radius 1 is 1.53 bits per heavy atom. The topological polar surface area (TPSA) is 55.8 Å². The second kappa shape index (κ2) is 5.19. The molecule has 17 heavy (non-hydrogen) atoms. The van der Waals surface area contributed by atoms with E-state index in [4.69, 9.17) is 9.99 Å². The minimum Gasteiger partial charge on any atom is -0.396 e. The summed E-state index contributed by atoms with van der Waals surface area (Å²) >= 11 is 0. The number of hydrogen-bond donors (Lipinski definition) is 1. The Balaban J connectivity index is 2.16. The lowest BCUT2D eigenvalue weighted by Crippen LogP contribution is -2.18. The van der Waals surface area contributed by atoms with Crippen molar-refractivity contribution in [2.45, 2.75) is 26.2 Å². The maximum atomic E-state index is 10.7. The van der Waals surface area contributed by atoms with Gasteiger partial charge in [0.05, 0.1) is 0 Å². The molecular weight excluding hydrogens is 220 g/mol. The van der Waals surface area contributed by atoms with Crippen LogP contribution in [0.2, 0.25) is 0 Å². The summed E-state index contributed by atoms with van der Waals surface area (Å²) in [5.41, 5.74) is 2.25. The summed E-state index contributed by atoms with van der Waals surface area (Å²) in [5, 5.41) is 9.16. The van der Waals surface area contributed by atoms with Gasteiger partial charge in [-0.3, -0.25) is 9.78 Å². The second-order valence-corrected chi connectivity index (χ2v) is 4.34. The van der Waals surface area contributed by atoms with Crippen LogP contribution in [0.3, 0.4) is 0 Å². The van der Waals surface area contributed by atoms with Gasteiger partial charge in [-0.15, -0.1) is 0 Å². The highest BCUT2D eigenvalue weighted by Crippen LogP contribution is 2.32. The van der Waals surface area contributed by atoms with Crippen molar-refractivity contribution < 1.29 is 19.7 Å². The van der Waals surface area contributed by atoms with Crippen LogP contribution in [0.4, 0.5) is 0 Å². The number of aliphatic hydroxyl groups is 1. The maximum absolute atomic E-state index is 10.7. The highest BCUT2D eigenvalue weighted by molar-refractivity contribution is 5.65. The molecule has 4 nitrogen and oxygen atoms in total. The fourth-order valence-corrected chi connectivity index (χ4v) is 2.19. The Morgan fingerprint density at radius 2 is 2.35 bits per heavy atom. The van der Waals surface area contributed by atoms with E-state index in [0.29, 0.717) is 11.7 Å². The molecule has 0 amide bonds. The first-order valence-corrected chi connectivity index (χ1v) is 5.77. The normalized spacial score (nSPS) is 18.4. The zero-order valence-corrected chi connectivity index (χ0v) is 9.81. The van der Waals surface area contributed by atoms with Crippen LogP contribution in [-0.4, -0.2) is 17.7 Å². The minimum atomic E-state index is -0.466. The number of rotatable bonds is 3. The highest BCUT2D eigenvalue weighted by Gasteiger charge is 2.21. The van der Waals surface area contributed by atoms with E-state index in [1.54, 1.807) is 6.07 Å². The molecule has 92 valence electrons. The van der Waals surface area contributed by atoms with E-state index in [-0.39, 0.29) is 6.61 Å². The lowest BCUT2D eigenvalue weighted by molar-refractivity contribution is -0.211. The molecule has 1 aliphatic carbocycles. The van der Waals surface area contributed by atoms with Crippen LogP contribution in [-0.2, 0) is 22.5 Å². The molecule has 1 aromatic rings. The van der Waals surface area contributed by atoms with Gasteiger partial charge in [0.25, 0.3) is 0 Å². The standard InChI is InChI=1S/C13H16O4/c1-9(15)16-17-13-4-2-3-11-7-10(8-14)5-6-12(11)13/h2-4,10,14H,5-8H2,1H3. The average Bonchev–Trinajstić information content (AvgIpc) is 2.35. The first kappa shape index (κ1) is 11.9. The van der Waals surface area contributed by atoms with E-state index in [1.807, 2.05) is 12.1 Å². The first-order valence-electron chi connectivity index (χ1n) is 5.77. The van der Waals surface area contributed by atoms with Gasteiger partial charge in [0, 0.05) is 19.1 Å². The monoisotopic (exact) mass is 236 g/mol. The zero-order chi connectivity index (χ0) is 12.3. The Hall–Kier alpha value is -1.55. The molecule has 1 unspecified atom stereocenters.